The van der Waals surface area contributed by atoms with Crippen molar-refractivity contribution < 1.29 is 13.5 Å². The summed E-state index contributed by atoms with van der Waals surface area (Å²) in [5.74, 6) is 0. The Morgan fingerprint density at radius 2 is 2.15 bits per heavy atom. The number of aliphatic hydroxyl groups is 1. The number of aliphatic hydroxyl groups excluding tert-OH is 1. The van der Waals surface area contributed by atoms with Crippen molar-refractivity contribution in [3.05, 3.63) is 49.5 Å². The summed E-state index contributed by atoms with van der Waals surface area (Å²) >= 11 is 6.82. The molecule has 108 valence electrons. The second-order valence-electron chi connectivity index (χ2n) is 3.91. The van der Waals surface area contributed by atoms with Crippen LogP contribution in [0.1, 0.15) is 11.3 Å². The molecule has 0 aliphatic carbocycles. The molecule has 0 atom stereocenters. The smallest absolute Gasteiger partial charge is 0.304 e. The Hall–Kier alpha value is -1.19. The molecule has 9 heteroatoms. The number of aromatic nitrogens is 1. The second kappa shape index (κ2) is 6.06. The highest BCUT2D eigenvalue weighted by atomic mass is 35.5. The van der Waals surface area contributed by atoms with Crippen LogP contribution >= 0.6 is 22.9 Å². The Morgan fingerprint density at radius 3 is 2.70 bits per heavy atom. The number of hydrogen-bond donors (Lipinski definition) is 3. The first kappa shape index (κ1) is 15.2. The zero-order chi connectivity index (χ0) is 14.8. The fourth-order valence-electron chi connectivity index (χ4n) is 1.48. The first-order chi connectivity index (χ1) is 9.42. The molecule has 0 fully saturated rings. The molecule has 2 rings (SSSR count). The molecular formula is C11H11ClN2O4S2. The molecule has 1 aromatic heterocycles. The molecule has 0 saturated heterocycles. The van der Waals surface area contributed by atoms with Crippen LogP contribution in [0.4, 0.5) is 0 Å². The van der Waals surface area contributed by atoms with Crippen LogP contribution in [-0.2, 0) is 23.2 Å². The molecule has 0 saturated carbocycles. The number of H-pyrrole nitrogens is 1. The molecule has 1 aromatic carbocycles. The van der Waals surface area contributed by atoms with Crippen LogP contribution in [0.5, 0.6) is 0 Å². The number of sulfonamides is 1. The minimum absolute atomic E-state index is 0.00252. The van der Waals surface area contributed by atoms with E-state index < -0.39 is 10.0 Å². The maximum atomic E-state index is 12.0. The molecule has 0 aliphatic heterocycles. The lowest BCUT2D eigenvalue weighted by atomic mass is 10.2. The fraction of sp³-hybridized carbons (Fsp3) is 0.182. The van der Waals surface area contributed by atoms with Gasteiger partial charge in [0.1, 0.15) is 0 Å². The van der Waals surface area contributed by atoms with Gasteiger partial charge in [-0.1, -0.05) is 29.0 Å². The van der Waals surface area contributed by atoms with Gasteiger partial charge in [0, 0.05) is 16.1 Å². The summed E-state index contributed by atoms with van der Waals surface area (Å²) in [5.41, 5.74) is 0.939. The standard InChI is InChI=1S/C11H11ClN2O4S2/c12-10-3-9(2-1-7(10)5-15)20(17,18)13-4-8-6-19-11(16)14-8/h1-3,6,13,15H,4-5H2,(H,14,16). The summed E-state index contributed by atoms with van der Waals surface area (Å²) < 4.78 is 26.4. The lowest BCUT2D eigenvalue weighted by Crippen LogP contribution is -2.23. The van der Waals surface area contributed by atoms with E-state index in [9.17, 15) is 13.2 Å². The van der Waals surface area contributed by atoms with Gasteiger partial charge in [-0.3, -0.25) is 4.79 Å². The Labute approximate surface area is 124 Å². The molecule has 1 heterocycles. The third-order valence-electron chi connectivity index (χ3n) is 2.53. The zero-order valence-corrected chi connectivity index (χ0v) is 12.5. The lowest BCUT2D eigenvalue weighted by molar-refractivity contribution is 0.282. The average Bonchev–Trinajstić information content (AvgIpc) is 2.82. The summed E-state index contributed by atoms with van der Waals surface area (Å²) in [4.78, 5) is 13.2. The number of thiazole rings is 1. The van der Waals surface area contributed by atoms with Crippen molar-refractivity contribution in [2.45, 2.75) is 18.0 Å². The largest absolute Gasteiger partial charge is 0.392 e. The van der Waals surface area contributed by atoms with Crippen molar-refractivity contribution in [3.8, 4) is 0 Å². The third kappa shape index (κ3) is 3.47. The number of rotatable bonds is 5. The predicted molar refractivity (Wildman–Crippen MR) is 76.3 cm³/mol. The van der Waals surface area contributed by atoms with E-state index in [-0.39, 0.29) is 27.9 Å². The van der Waals surface area contributed by atoms with E-state index in [4.69, 9.17) is 16.7 Å². The summed E-state index contributed by atoms with van der Waals surface area (Å²) in [7, 11) is -3.73. The van der Waals surface area contributed by atoms with Crippen molar-refractivity contribution in [1.29, 1.82) is 0 Å². The Morgan fingerprint density at radius 1 is 1.40 bits per heavy atom. The number of nitrogens with one attached hydrogen (secondary N) is 2. The molecule has 0 amide bonds. The van der Waals surface area contributed by atoms with Gasteiger partial charge in [-0.15, -0.1) is 0 Å². The van der Waals surface area contributed by atoms with Crippen LogP contribution in [0.25, 0.3) is 0 Å². The first-order valence-electron chi connectivity index (χ1n) is 5.48. The van der Waals surface area contributed by atoms with Crippen LogP contribution < -0.4 is 9.60 Å². The van der Waals surface area contributed by atoms with Gasteiger partial charge < -0.3 is 10.1 Å². The van der Waals surface area contributed by atoms with Crippen LogP contribution in [0, 0.1) is 0 Å². The molecular weight excluding hydrogens is 324 g/mol. The fourth-order valence-corrected chi connectivity index (χ4v) is 3.40. The van der Waals surface area contributed by atoms with E-state index in [1.54, 1.807) is 5.38 Å². The summed E-state index contributed by atoms with van der Waals surface area (Å²) in [6, 6.07) is 4.07. The van der Waals surface area contributed by atoms with Gasteiger partial charge in [0.25, 0.3) is 0 Å². The Balaban J connectivity index is 2.17. The van der Waals surface area contributed by atoms with Gasteiger partial charge in [-0.25, -0.2) is 13.1 Å². The summed E-state index contributed by atoms with van der Waals surface area (Å²) in [5, 5.41) is 10.7. The molecule has 0 radical (unpaired) electrons. The second-order valence-corrected chi connectivity index (χ2v) is 6.93. The Bertz CT molecular complexity index is 767. The molecule has 0 unspecified atom stereocenters. The minimum atomic E-state index is -3.73. The van der Waals surface area contributed by atoms with E-state index in [2.05, 4.69) is 9.71 Å². The van der Waals surface area contributed by atoms with Crippen molar-refractivity contribution in [1.82, 2.24) is 9.71 Å². The molecule has 0 spiro atoms. The van der Waals surface area contributed by atoms with E-state index in [0.717, 1.165) is 11.3 Å². The topological polar surface area (TPSA) is 99.3 Å². The average molecular weight is 335 g/mol. The van der Waals surface area contributed by atoms with Crippen molar-refractivity contribution >= 4 is 33.0 Å². The number of aromatic amines is 1. The molecule has 6 nitrogen and oxygen atoms in total. The van der Waals surface area contributed by atoms with Gasteiger partial charge in [-0.2, -0.15) is 0 Å². The van der Waals surface area contributed by atoms with Crippen molar-refractivity contribution in [3.63, 3.8) is 0 Å². The number of benzene rings is 1. The monoisotopic (exact) mass is 334 g/mol. The molecule has 0 bridgehead atoms. The zero-order valence-electron chi connectivity index (χ0n) is 10.1. The quantitative estimate of drug-likeness (QED) is 0.761. The van der Waals surface area contributed by atoms with Gasteiger partial charge in [0.15, 0.2) is 0 Å². The summed E-state index contributed by atoms with van der Waals surface area (Å²) in [6.07, 6.45) is 0. The minimum Gasteiger partial charge on any atom is -0.392 e. The van der Waals surface area contributed by atoms with E-state index in [1.165, 1.54) is 18.2 Å². The molecule has 0 aliphatic rings. The van der Waals surface area contributed by atoms with Crippen LogP contribution in [0.3, 0.4) is 0 Å². The van der Waals surface area contributed by atoms with Crippen LogP contribution in [0.2, 0.25) is 5.02 Å². The highest BCUT2D eigenvalue weighted by Crippen LogP contribution is 2.20. The first-order valence-corrected chi connectivity index (χ1v) is 8.22. The third-order valence-corrected chi connectivity index (χ3v) is 5.00. The molecule has 20 heavy (non-hydrogen) atoms. The van der Waals surface area contributed by atoms with Gasteiger partial charge in [0.2, 0.25) is 10.0 Å². The Kier molecular flexibility index (Phi) is 4.61. The van der Waals surface area contributed by atoms with Crippen molar-refractivity contribution in [2.75, 3.05) is 0 Å². The maximum Gasteiger partial charge on any atom is 0.304 e. The normalized spacial score (nSPS) is 11.7. The molecule has 3 N–H and O–H groups in total. The van der Waals surface area contributed by atoms with Crippen LogP contribution in [0.15, 0.2) is 33.3 Å². The number of halogens is 1. The van der Waals surface area contributed by atoms with Crippen LogP contribution in [-0.4, -0.2) is 18.5 Å². The highest BCUT2D eigenvalue weighted by Gasteiger charge is 2.15. The highest BCUT2D eigenvalue weighted by molar-refractivity contribution is 7.89. The van der Waals surface area contributed by atoms with Crippen molar-refractivity contribution in [2.24, 2.45) is 0 Å². The molecule has 2 aromatic rings. The maximum absolute atomic E-state index is 12.0. The predicted octanol–water partition coefficient (Wildman–Crippen LogP) is 1.06. The van der Waals surface area contributed by atoms with E-state index in [1.807, 2.05) is 0 Å². The van der Waals surface area contributed by atoms with E-state index in [0.29, 0.717) is 11.3 Å². The summed E-state index contributed by atoms with van der Waals surface area (Å²) in [6.45, 7) is -0.275. The SMILES string of the molecule is O=c1[nH]c(CNS(=O)(=O)c2ccc(CO)c(Cl)c2)cs1. The van der Waals surface area contributed by atoms with Gasteiger partial charge in [0.05, 0.1) is 18.0 Å². The number of hydrogen-bond acceptors (Lipinski definition) is 5. The van der Waals surface area contributed by atoms with Gasteiger partial charge >= 0.3 is 4.87 Å². The van der Waals surface area contributed by atoms with E-state index >= 15 is 0 Å². The lowest BCUT2D eigenvalue weighted by Gasteiger charge is -2.07. The van der Waals surface area contributed by atoms with Gasteiger partial charge in [-0.05, 0) is 17.7 Å².